The van der Waals surface area contributed by atoms with Crippen molar-refractivity contribution in [3.8, 4) is 0 Å². The van der Waals surface area contributed by atoms with Crippen molar-refractivity contribution in [3.05, 3.63) is 69.3 Å². The molecule has 0 aliphatic carbocycles. The average molecular weight is 480 g/mol. The molecule has 1 saturated heterocycles. The zero-order valence-corrected chi connectivity index (χ0v) is 21.1. The molecule has 2 aromatic rings. The van der Waals surface area contributed by atoms with Crippen molar-refractivity contribution in [1.29, 1.82) is 0 Å². The number of amides is 2. The first-order valence-electron chi connectivity index (χ1n) is 10.7. The summed E-state index contributed by atoms with van der Waals surface area (Å²) in [5, 5.41) is 3.16. The molecule has 2 heterocycles. The highest BCUT2D eigenvalue weighted by Gasteiger charge is 2.35. The maximum atomic E-state index is 13.4. The highest BCUT2D eigenvalue weighted by atomic mass is 35.5. The molecule has 0 spiro atoms. The number of halogens is 1. The summed E-state index contributed by atoms with van der Waals surface area (Å²) in [5.41, 5.74) is 6.30. The molecule has 4 rings (SSSR count). The Bertz CT molecular complexity index is 1290. The standard InChI is InChI=1S/C26H26ClN3O2S/c1-14-7-8-18(9-15(14)2)30-24(32)20(23(31)28-25(30)33)11-17-10-19-16(3)13-26(4,5)29(6)22(19)12-21(17)27/h7-13H,1-6H3,(H,28,31,33)/b20-11+. The number of nitrogens with zero attached hydrogens (tertiary/aromatic N) is 2. The number of aryl methyl sites for hydroxylation is 2. The predicted molar refractivity (Wildman–Crippen MR) is 140 cm³/mol. The summed E-state index contributed by atoms with van der Waals surface area (Å²) < 4.78 is 0. The number of anilines is 2. The van der Waals surface area contributed by atoms with Gasteiger partial charge in [-0.15, -0.1) is 0 Å². The zero-order chi connectivity index (χ0) is 24.2. The number of hydrogen-bond donors (Lipinski definition) is 1. The van der Waals surface area contributed by atoms with E-state index in [0.717, 1.165) is 28.0 Å². The SMILES string of the molecule is CC1=CC(C)(C)N(C)c2cc(Cl)c(/C=C3\C(=O)NC(=S)N(c4ccc(C)c(C)c4)C3=O)cc21. The van der Waals surface area contributed by atoms with Gasteiger partial charge in [0.15, 0.2) is 5.11 Å². The Kier molecular flexibility index (Phi) is 5.71. The second kappa shape index (κ2) is 8.12. The van der Waals surface area contributed by atoms with Gasteiger partial charge < -0.3 is 4.90 Å². The van der Waals surface area contributed by atoms with E-state index in [9.17, 15) is 9.59 Å². The zero-order valence-electron chi connectivity index (χ0n) is 19.5. The van der Waals surface area contributed by atoms with Gasteiger partial charge in [-0.05, 0) is 99.4 Å². The molecule has 0 unspecified atom stereocenters. The summed E-state index contributed by atoms with van der Waals surface area (Å²) in [5.74, 6) is -1.02. The van der Waals surface area contributed by atoms with Crippen LogP contribution >= 0.6 is 23.8 Å². The third-order valence-electron chi connectivity index (χ3n) is 6.49. The molecule has 0 bridgehead atoms. The first-order chi connectivity index (χ1) is 15.4. The van der Waals surface area contributed by atoms with Crippen LogP contribution in [0.5, 0.6) is 0 Å². The topological polar surface area (TPSA) is 52.7 Å². The van der Waals surface area contributed by atoms with Crippen LogP contribution in [0.2, 0.25) is 5.02 Å². The molecular weight excluding hydrogens is 454 g/mol. The van der Waals surface area contributed by atoms with Crippen molar-refractivity contribution < 1.29 is 9.59 Å². The third kappa shape index (κ3) is 3.98. The van der Waals surface area contributed by atoms with Gasteiger partial charge >= 0.3 is 0 Å². The second-order valence-electron chi connectivity index (χ2n) is 9.16. The van der Waals surface area contributed by atoms with Gasteiger partial charge in [0.2, 0.25) is 0 Å². The maximum Gasteiger partial charge on any atom is 0.270 e. The van der Waals surface area contributed by atoms with Crippen LogP contribution in [0.15, 0.2) is 42.0 Å². The van der Waals surface area contributed by atoms with E-state index >= 15 is 0 Å². The minimum absolute atomic E-state index is 0.0187. The third-order valence-corrected chi connectivity index (χ3v) is 7.10. The highest BCUT2D eigenvalue weighted by Crippen LogP contribution is 2.41. The fourth-order valence-electron chi connectivity index (χ4n) is 4.21. The Hall–Kier alpha value is -2.96. The van der Waals surface area contributed by atoms with E-state index in [1.807, 2.05) is 51.2 Å². The van der Waals surface area contributed by atoms with E-state index in [1.165, 1.54) is 4.90 Å². The van der Waals surface area contributed by atoms with Crippen molar-refractivity contribution in [2.75, 3.05) is 16.8 Å². The number of thiocarbonyl (C=S) groups is 1. The summed E-state index contributed by atoms with van der Waals surface area (Å²) in [6, 6.07) is 9.44. The molecular formula is C26H26ClN3O2S. The minimum Gasteiger partial charge on any atom is -0.365 e. The monoisotopic (exact) mass is 479 g/mol. The lowest BCUT2D eigenvalue weighted by Gasteiger charge is -2.40. The van der Waals surface area contributed by atoms with Gasteiger partial charge in [-0.2, -0.15) is 0 Å². The molecule has 170 valence electrons. The quantitative estimate of drug-likeness (QED) is 0.355. The fraction of sp³-hybridized carbons (Fsp3) is 0.269. The van der Waals surface area contributed by atoms with Crippen LogP contribution in [0.4, 0.5) is 11.4 Å². The predicted octanol–water partition coefficient (Wildman–Crippen LogP) is 5.42. The fourth-order valence-corrected chi connectivity index (χ4v) is 4.70. The summed E-state index contributed by atoms with van der Waals surface area (Å²) in [6.45, 7) is 10.3. The molecule has 7 heteroatoms. The van der Waals surface area contributed by atoms with Crippen molar-refractivity contribution in [3.63, 3.8) is 0 Å². The molecule has 1 N–H and O–H groups in total. The van der Waals surface area contributed by atoms with Gasteiger partial charge in [0.1, 0.15) is 5.57 Å². The lowest BCUT2D eigenvalue weighted by Crippen LogP contribution is -2.54. The molecule has 0 radical (unpaired) electrons. The Morgan fingerprint density at radius 1 is 1.06 bits per heavy atom. The number of hydrogen-bond acceptors (Lipinski definition) is 4. The molecule has 2 amide bonds. The number of likely N-dealkylation sites (N-methyl/N-ethyl adjacent to an activating group) is 1. The van der Waals surface area contributed by atoms with E-state index in [-0.39, 0.29) is 16.2 Å². The number of carbonyl (C=O) groups excluding carboxylic acids is 2. The number of allylic oxidation sites excluding steroid dienone is 1. The van der Waals surface area contributed by atoms with Crippen molar-refractivity contribution in [2.24, 2.45) is 0 Å². The van der Waals surface area contributed by atoms with Crippen molar-refractivity contribution >= 4 is 63.8 Å². The minimum atomic E-state index is -0.538. The summed E-state index contributed by atoms with van der Waals surface area (Å²) >= 11 is 11.9. The van der Waals surface area contributed by atoms with E-state index in [1.54, 1.807) is 6.08 Å². The largest absolute Gasteiger partial charge is 0.365 e. The van der Waals surface area contributed by atoms with Crippen LogP contribution in [0, 0.1) is 13.8 Å². The first-order valence-corrected chi connectivity index (χ1v) is 11.5. The molecule has 2 aliphatic rings. The van der Waals surface area contributed by atoms with Crippen LogP contribution in [0.3, 0.4) is 0 Å². The molecule has 1 fully saturated rings. The summed E-state index contributed by atoms with van der Waals surface area (Å²) in [7, 11) is 2.02. The number of benzene rings is 2. The van der Waals surface area contributed by atoms with Gasteiger partial charge in [0.05, 0.1) is 11.2 Å². The van der Waals surface area contributed by atoms with Crippen LogP contribution in [0.1, 0.15) is 43.0 Å². The van der Waals surface area contributed by atoms with Gasteiger partial charge in [0, 0.05) is 23.3 Å². The van der Waals surface area contributed by atoms with Crippen LogP contribution in [-0.4, -0.2) is 29.5 Å². The van der Waals surface area contributed by atoms with Crippen LogP contribution < -0.4 is 15.1 Å². The molecule has 2 aliphatic heterocycles. The first kappa shape index (κ1) is 23.2. The Labute approximate surface area is 204 Å². The molecule has 33 heavy (non-hydrogen) atoms. The molecule has 0 atom stereocenters. The normalized spacial score (nSPS) is 18.9. The molecule has 2 aromatic carbocycles. The lowest BCUT2D eigenvalue weighted by molar-refractivity contribution is -0.122. The Morgan fingerprint density at radius 2 is 1.76 bits per heavy atom. The van der Waals surface area contributed by atoms with E-state index in [0.29, 0.717) is 16.3 Å². The molecule has 5 nitrogen and oxygen atoms in total. The highest BCUT2D eigenvalue weighted by molar-refractivity contribution is 7.80. The van der Waals surface area contributed by atoms with Gasteiger partial charge in [0.25, 0.3) is 11.8 Å². The lowest BCUT2D eigenvalue weighted by atomic mass is 9.88. The molecule has 0 saturated carbocycles. The van der Waals surface area contributed by atoms with Crippen LogP contribution in [0.25, 0.3) is 11.6 Å². The summed E-state index contributed by atoms with van der Waals surface area (Å²) in [6.07, 6.45) is 3.74. The van der Waals surface area contributed by atoms with Gasteiger partial charge in [-0.1, -0.05) is 23.7 Å². The average Bonchev–Trinajstić information content (AvgIpc) is 2.72. The number of nitrogens with one attached hydrogen (secondary N) is 1. The number of rotatable bonds is 2. The van der Waals surface area contributed by atoms with E-state index < -0.39 is 11.8 Å². The number of fused-ring (bicyclic) bond motifs is 1. The smallest absolute Gasteiger partial charge is 0.270 e. The second-order valence-corrected chi connectivity index (χ2v) is 9.95. The maximum absolute atomic E-state index is 13.4. The molecule has 0 aromatic heterocycles. The van der Waals surface area contributed by atoms with E-state index in [2.05, 4.69) is 37.1 Å². The number of carbonyl (C=O) groups is 2. The van der Waals surface area contributed by atoms with Crippen molar-refractivity contribution in [1.82, 2.24) is 5.32 Å². The van der Waals surface area contributed by atoms with Gasteiger partial charge in [-0.3, -0.25) is 19.8 Å². The Balaban J connectivity index is 1.79. The van der Waals surface area contributed by atoms with Crippen molar-refractivity contribution in [2.45, 2.75) is 40.2 Å². The van der Waals surface area contributed by atoms with Gasteiger partial charge in [-0.25, -0.2) is 0 Å². The van der Waals surface area contributed by atoms with Crippen LogP contribution in [-0.2, 0) is 9.59 Å². The van der Waals surface area contributed by atoms with E-state index in [4.69, 9.17) is 23.8 Å². The Morgan fingerprint density at radius 3 is 2.42 bits per heavy atom. The summed E-state index contributed by atoms with van der Waals surface area (Å²) in [4.78, 5) is 29.7.